The Morgan fingerprint density at radius 2 is 1.70 bits per heavy atom. The van der Waals surface area contributed by atoms with Gasteiger partial charge in [0.2, 0.25) is 10.0 Å². The molecule has 0 bridgehead atoms. The third kappa shape index (κ3) is 8.91. The average Bonchev–Trinajstić information content (AvgIpc) is 3.07. The number of hydrogen-bond acceptors (Lipinski definition) is 4. The minimum absolute atomic E-state index is 0.457. The van der Waals surface area contributed by atoms with Gasteiger partial charge in [-0.3, -0.25) is 0 Å². The second kappa shape index (κ2) is 14.6. The Labute approximate surface area is 202 Å². The van der Waals surface area contributed by atoms with Crippen molar-refractivity contribution in [1.82, 2.24) is 9.21 Å². The minimum Gasteiger partial charge on any atom is -0.469 e. The van der Waals surface area contributed by atoms with Crippen LogP contribution in [0.15, 0.2) is 59.5 Å². The molecule has 0 N–H and O–H groups in total. The van der Waals surface area contributed by atoms with Crippen LogP contribution in [0.3, 0.4) is 0 Å². The highest BCUT2D eigenvalue weighted by atomic mass is 32.2. The van der Waals surface area contributed by atoms with Crippen LogP contribution in [0.4, 0.5) is 0 Å². The van der Waals surface area contributed by atoms with E-state index < -0.39 is 10.0 Å². The van der Waals surface area contributed by atoms with Gasteiger partial charge in [0.25, 0.3) is 0 Å². The van der Waals surface area contributed by atoms with Gasteiger partial charge >= 0.3 is 0 Å². The lowest BCUT2D eigenvalue weighted by Gasteiger charge is -2.37. The summed E-state index contributed by atoms with van der Waals surface area (Å²) in [4.78, 5) is 3.06. The summed E-state index contributed by atoms with van der Waals surface area (Å²) in [5.41, 5.74) is 0. The van der Waals surface area contributed by atoms with Gasteiger partial charge in [0.1, 0.15) is 5.76 Å². The summed E-state index contributed by atoms with van der Waals surface area (Å²) in [5, 5.41) is 0. The SMILES string of the molecule is C\C=C/C=C\C=C\O/C(=C/C=C(\CC)S(=O)(=O)N1CCCC(N2CCCC(C)C2)CC1)CC. The van der Waals surface area contributed by atoms with Crippen LogP contribution in [0.2, 0.25) is 0 Å². The van der Waals surface area contributed by atoms with Crippen LogP contribution in [0.25, 0.3) is 0 Å². The fraction of sp³-hybridized carbons (Fsp3) is 0.630. The summed E-state index contributed by atoms with van der Waals surface area (Å²) >= 11 is 0. The molecule has 2 heterocycles. The maximum absolute atomic E-state index is 13.4. The molecule has 0 saturated carbocycles. The molecule has 2 unspecified atom stereocenters. The van der Waals surface area contributed by atoms with Crippen LogP contribution in [0, 0.1) is 5.92 Å². The Morgan fingerprint density at radius 3 is 2.39 bits per heavy atom. The molecule has 2 aliphatic rings. The number of nitrogens with zero attached hydrogens (tertiary/aromatic N) is 2. The van der Waals surface area contributed by atoms with Crippen molar-refractivity contribution in [1.29, 1.82) is 0 Å². The molecule has 2 atom stereocenters. The van der Waals surface area contributed by atoms with Gasteiger partial charge in [-0.05, 0) is 76.1 Å². The minimum atomic E-state index is -3.46. The van der Waals surface area contributed by atoms with Gasteiger partial charge in [-0.2, -0.15) is 4.31 Å². The van der Waals surface area contributed by atoms with Crippen molar-refractivity contribution >= 4 is 10.0 Å². The molecular formula is C27H44N2O3S. The van der Waals surface area contributed by atoms with Crippen LogP contribution in [-0.2, 0) is 14.8 Å². The molecule has 5 nitrogen and oxygen atoms in total. The van der Waals surface area contributed by atoms with E-state index in [4.69, 9.17) is 4.74 Å². The van der Waals surface area contributed by atoms with Crippen molar-refractivity contribution in [3.8, 4) is 0 Å². The van der Waals surface area contributed by atoms with E-state index in [1.807, 2.05) is 51.2 Å². The predicted molar refractivity (Wildman–Crippen MR) is 139 cm³/mol. The molecule has 0 aromatic rings. The number of likely N-dealkylation sites (tertiary alicyclic amines) is 1. The Hall–Kier alpha value is -1.63. The molecule has 2 aliphatic heterocycles. The number of rotatable bonds is 10. The van der Waals surface area contributed by atoms with Crippen molar-refractivity contribution in [3.05, 3.63) is 59.5 Å². The largest absolute Gasteiger partial charge is 0.469 e. The molecule has 2 saturated heterocycles. The van der Waals surface area contributed by atoms with Gasteiger partial charge in [-0.15, -0.1) is 0 Å². The average molecular weight is 477 g/mol. The third-order valence-electron chi connectivity index (χ3n) is 6.51. The first kappa shape index (κ1) is 27.6. The molecular weight excluding hydrogens is 432 g/mol. The van der Waals surface area contributed by atoms with E-state index in [2.05, 4.69) is 11.8 Å². The summed E-state index contributed by atoms with van der Waals surface area (Å²) in [5.74, 6) is 1.49. The quantitative estimate of drug-likeness (QED) is 0.280. The predicted octanol–water partition coefficient (Wildman–Crippen LogP) is 6.15. The van der Waals surface area contributed by atoms with E-state index in [1.54, 1.807) is 22.7 Å². The normalized spacial score (nSPS) is 25.3. The monoisotopic (exact) mass is 476 g/mol. The van der Waals surface area contributed by atoms with E-state index in [0.717, 1.165) is 44.0 Å². The maximum Gasteiger partial charge on any atom is 0.239 e. The first-order valence-electron chi connectivity index (χ1n) is 12.7. The van der Waals surface area contributed by atoms with Crippen LogP contribution < -0.4 is 0 Å². The number of allylic oxidation sites excluding steroid dienone is 9. The molecule has 0 aromatic heterocycles. The molecule has 0 radical (unpaired) electrons. The zero-order chi connectivity index (χ0) is 24.1. The highest BCUT2D eigenvalue weighted by Crippen LogP contribution is 2.26. The van der Waals surface area contributed by atoms with Crippen molar-refractivity contribution in [2.45, 2.75) is 78.7 Å². The Morgan fingerprint density at radius 1 is 0.939 bits per heavy atom. The van der Waals surface area contributed by atoms with Crippen molar-refractivity contribution in [3.63, 3.8) is 0 Å². The lowest BCUT2D eigenvalue weighted by molar-refractivity contribution is 0.120. The summed E-state index contributed by atoms with van der Waals surface area (Å²) in [6, 6.07) is 0.510. The fourth-order valence-corrected chi connectivity index (χ4v) is 6.26. The topological polar surface area (TPSA) is 49.9 Å². The third-order valence-corrected chi connectivity index (χ3v) is 8.64. The zero-order valence-corrected chi connectivity index (χ0v) is 21.9. The van der Waals surface area contributed by atoms with Crippen molar-refractivity contribution in [2.75, 3.05) is 26.2 Å². The summed E-state index contributed by atoms with van der Waals surface area (Å²) in [7, 11) is -3.46. The Bertz CT molecular complexity index is 839. The first-order valence-corrected chi connectivity index (χ1v) is 14.1. The molecule has 0 aromatic carbocycles. The molecule has 6 heteroatoms. The zero-order valence-electron chi connectivity index (χ0n) is 21.1. The second-order valence-corrected chi connectivity index (χ2v) is 11.1. The van der Waals surface area contributed by atoms with Gasteiger partial charge in [0.15, 0.2) is 0 Å². The van der Waals surface area contributed by atoms with E-state index in [9.17, 15) is 8.42 Å². The van der Waals surface area contributed by atoms with Crippen LogP contribution in [-0.4, -0.2) is 49.8 Å². The van der Waals surface area contributed by atoms with E-state index in [0.29, 0.717) is 36.9 Å². The number of piperidine rings is 1. The van der Waals surface area contributed by atoms with Crippen molar-refractivity contribution in [2.24, 2.45) is 5.92 Å². The fourth-order valence-electron chi connectivity index (χ4n) is 4.61. The van der Waals surface area contributed by atoms with Crippen LogP contribution >= 0.6 is 0 Å². The van der Waals surface area contributed by atoms with Gasteiger partial charge < -0.3 is 9.64 Å². The molecule has 2 rings (SSSR count). The summed E-state index contributed by atoms with van der Waals surface area (Å²) < 4.78 is 34.2. The van der Waals surface area contributed by atoms with Gasteiger partial charge in [-0.1, -0.05) is 45.1 Å². The highest BCUT2D eigenvalue weighted by Gasteiger charge is 2.31. The lowest BCUT2D eigenvalue weighted by Crippen LogP contribution is -2.42. The van der Waals surface area contributed by atoms with Crippen molar-refractivity contribution < 1.29 is 13.2 Å². The maximum atomic E-state index is 13.4. The van der Waals surface area contributed by atoms with E-state index in [1.165, 1.54) is 12.8 Å². The Balaban J connectivity index is 2.04. The van der Waals surface area contributed by atoms with Gasteiger partial charge in [0.05, 0.1) is 11.2 Å². The first-order chi connectivity index (χ1) is 15.9. The standard InChI is InChI=1S/C27H44N2O3S/c1-5-8-9-10-11-22-32-26(6-2)16-17-27(7-3)33(30,31)29-20-13-15-25(18-21-29)28-19-12-14-24(4)23-28/h5,8-11,16-17,22,24-25H,6-7,12-15,18-21,23H2,1-4H3/b8-5-,10-9-,22-11+,26-16+,27-17+. The van der Waals surface area contributed by atoms with Crippen LogP contribution in [0.1, 0.15) is 72.6 Å². The molecule has 186 valence electrons. The Kier molecular flexibility index (Phi) is 12.2. The van der Waals surface area contributed by atoms with Gasteiger partial charge in [-0.25, -0.2) is 8.42 Å². The number of ether oxygens (including phenoxy) is 1. The smallest absolute Gasteiger partial charge is 0.239 e. The molecule has 33 heavy (non-hydrogen) atoms. The lowest BCUT2D eigenvalue weighted by atomic mass is 9.96. The second-order valence-electron chi connectivity index (χ2n) is 9.06. The number of sulfonamides is 1. The van der Waals surface area contributed by atoms with Crippen LogP contribution in [0.5, 0.6) is 0 Å². The number of hydrogen-bond donors (Lipinski definition) is 0. The summed E-state index contributed by atoms with van der Waals surface area (Å²) in [6.45, 7) is 11.7. The van der Waals surface area contributed by atoms with Gasteiger partial charge in [0, 0.05) is 32.1 Å². The molecule has 0 spiro atoms. The summed E-state index contributed by atoms with van der Waals surface area (Å²) in [6.07, 6.45) is 21.4. The molecule has 2 fully saturated rings. The molecule has 0 aliphatic carbocycles. The van der Waals surface area contributed by atoms with E-state index >= 15 is 0 Å². The molecule has 0 amide bonds. The highest BCUT2D eigenvalue weighted by molar-refractivity contribution is 7.93. The van der Waals surface area contributed by atoms with E-state index in [-0.39, 0.29) is 0 Å².